The molecule has 0 atom stereocenters. The molecule has 5 nitrogen and oxygen atoms in total. The van der Waals surface area contributed by atoms with Crippen molar-refractivity contribution in [3.8, 4) is 5.88 Å². The minimum Gasteiger partial charge on any atom is -0.481 e. The van der Waals surface area contributed by atoms with Crippen molar-refractivity contribution in [2.24, 2.45) is 5.73 Å². The Morgan fingerprint density at radius 1 is 1.26 bits per heavy atom. The fourth-order valence-electron chi connectivity index (χ4n) is 1.47. The predicted molar refractivity (Wildman–Crippen MR) is 78.2 cm³/mol. The summed E-state index contributed by atoms with van der Waals surface area (Å²) in [6.07, 6.45) is 3.41. The molecule has 0 spiro atoms. The lowest BCUT2D eigenvalue weighted by Crippen LogP contribution is -2.10. The van der Waals surface area contributed by atoms with Crippen molar-refractivity contribution in [2.75, 3.05) is 12.4 Å². The predicted octanol–water partition coefficient (Wildman–Crippen LogP) is 1.73. The molecule has 2 heterocycles. The highest BCUT2D eigenvalue weighted by Crippen LogP contribution is 2.10. The summed E-state index contributed by atoms with van der Waals surface area (Å²) in [6.45, 7) is 0.635. The third-order valence-electron chi connectivity index (χ3n) is 2.53. The molecule has 0 saturated heterocycles. The molecule has 2 aromatic heterocycles. The molecule has 3 N–H and O–H groups in total. The van der Waals surface area contributed by atoms with Gasteiger partial charge in [0.15, 0.2) is 0 Å². The van der Waals surface area contributed by atoms with Crippen LogP contribution in [0, 0.1) is 0 Å². The summed E-state index contributed by atoms with van der Waals surface area (Å²) in [5.74, 6) is 1.36. The van der Waals surface area contributed by atoms with Crippen molar-refractivity contribution < 1.29 is 4.74 Å². The fourth-order valence-corrected chi connectivity index (χ4v) is 1.59. The number of hydrogen-bond donors (Lipinski definition) is 2. The van der Waals surface area contributed by atoms with Crippen LogP contribution in [0.15, 0.2) is 36.7 Å². The Morgan fingerprint density at radius 3 is 2.63 bits per heavy atom. The molecule has 0 bridgehead atoms. The van der Waals surface area contributed by atoms with E-state index in [4.69, 9.17) is 22.7 Å². The number of ether oxygens (including phenoxy) is 1. The van der Waals surface area contributed by atoms with E-state index in [2.05, 4.69) is 15.3 Å². The van der Waals surface area contributed by atoms with Gasteiger partial charge in [-0.15, -0.1) is 0 Å². The van der Waals surface area contributed by atoms with E-state index in [0.717, 1.165) is 16.9 Å². The molecule has 0 unspecified atom stereocenters. The van der Waals surface area contributed by atoms with Crippen LogP contribution in [0.3, 0.4) is 0 Å². The maximum absolute atomic E-state index is 5.51. The number of nitrogens with two attached hydrogens (primary N) is 1. The maximum Gasteiger partial charge on any atom is 0.212 e. The smallest absolute Gasteiger partial charge is 0.212 e. The highest BCUT2D eigenvalue weighted by atomic mass is 32.1. The number of pyridine rings is 2. The molecule has 0 aromatic carbocycles. The maximum atomic E-state index is 5.51. The Hall–Kier alpha value is -2.21. The molecule has 98 valence electrons. The van der Waals surface area contributed by atoms with Crippen LogP contribution in [-0.4, -0.2) is 22.1 Å². The van der Waals surface area contributed by atoms with Gasteiger partial charge in [0.25, 0.3) is 0 Å². The molecular formula is C13H14N4OS. The van der Waals surface area contributed by atoms with Gasteiger partial charge in [0.1, 0.15) is 10.8 Å². The summed E-state index contributed by atoms with van der Waals surface area (Å²) in [5.41, 5.74) is 7.31. The first kappa shape index (κ1) is 13.2. The van der Waals surface area contributed by atoms with Crippen LogP contribution in [0.4, 0.5) is 5.82 Å². The van der Waals surface area contributed by atoms with E-state index < -0.39 is 0 Å². The zero-order valence-corrected chi connectivity index (χ0v) is 11.3. The van der Waals surface area contributed by atoms with Gasteiger partial charge in [-0.2, -0.15) is 0 Å². The monoisotopic (exact) mass is 274 g/mol. The van der Waals surface area contributed by atoms with Gasteiger partial charge in [-0.25, -0.2) is 9.97 Å². The van der Waals surface area contributed by atoms with Crippen molar-refractivity contribution >= 4 is 23.0 Å². The van der Waals surface area contributed by atoms with Crippen molar-refractivity contribution in [1.29, 1.82) is 0 Å². The number of anilines is 1. The first-order chi connectivity index (χ1) is 9.19. The van der Waals surface area contributed by atoms with Gasteiger partial charge in [0.2, 0.25) is 5.88 Å². The van der Waals surface area contributed by atoms with Gasteiger partial charge in [0.05, 0.1) is 7.11 Å². The second-order valence-corrected chi connectivity index (χ2v) is 4.30. The zero-order valence-electron chi connectivity index (χ0n) is 10.5. The molecule has 0 fully saturated rings. The Balaban J connectivity index is 1.95. The van der Waals surface area contributed by atoms with Gasteiger partial charge in [0, 0.05) is 30.6 Å². The first-order valence-corrected chi connectivity index (χ1v) is 6.08. The Bertz CT molecular complexity index is 554. The summed E-state index contributed by atoms with van der Waals surface area (Å²) in [4.78, 5) is 8.70. The largest absolute Gasteiger partial charge is 0.481 e. The van der Waals surface area contributed by atoms with E-state index in [-0.39, 0.29) is 0 Å². The standard InChI is InChI=1S/C13H14N4OS/c1-18-12-5-2-9(7-17-12)6-15-11-4-3-10(8-16-11)13(14)19/h2-5,7-8H,6H2,1H3,(H2,14,19)(H,15,16). The van der Waals surface area contributed by atoms with E-state index in [1.54, 1.807) is 19.5 Å². The van der Waals surface area contributed by atoms with Crippen LogP contribution in [0.1, 0.15) is 11.1 Å². The highest BCUT2D eigenvalue weighted by molar-refractivity contribution is 7.80. The number of thiocarbonyl (C=S) groups is 1. The molecule has 0 radical (unpaired) electrons. The summed E-state index contributed by atoms with van der Waals surface area (Å²) in [6, 6.07) is 7.44. The van der Waals surface area contributed by atoms with Gasteiger partial charge in [-0.1, -0.05) is 18.3 Å². The molecular weight excluding hydrogens is 260 g/mol. The minimum atomic E-state index is 0.346. The molecule has 0 aliphatic carbocycles. The third-order valence-corrected chi connectivity index (χ3v) is 2.76. The van der Waals surface area contributed by atoms with Crippen molar-refractivity contribution in [2.45, 2.75) is 6.54 Å². The van der Waals surface area contributed by atoms with E-state index in [0.29, 0.717) is 17.4 Å². The van der Waals surface area contributed by atoms with Crippen molar-refractivity contribution in [1.82, 2.24) is 9.97 Å². The number of aromatic nitrogens is 2. The lowest BCUT2D eigenvalue weighted by atomic mass is 10.2. The van der Waals surface area contributed by atoms with Crippen LogP contribution < -0.4 is 15.8 Å². The SMILES string of the molecule is COc1ccc(CNc2ccc(C(N)=S)cn2)cn1. The lowest BCUT2D eigenvalue weighted by molar-refractivity contribution is 0.397. The summed E-state index contributed by atoms with van der Waals surface area (Å²) in [5, 5.41) is 3.19. The average Bonchev–Trinajstić information content (AvgIpc) is 2.46. The number of methoxy groups -OCH3 is 1. The van der Waals surface area contributed by atoms with E-state index in [1.807, 2.05) is 24.3 Å². The number of hydrogen-bond acceptors (Lipinski definition) is 5. The van der Waals surface area contributed by atoms with Crippen LogP contribution in [-0.2, 0) is 6.54 Å². The van der Waals surface area contributed by atoms with Crippen LogP contribution in [0.5, 0.6) is 5.88 Å². The third kappa shape index (κ3) is 3.62. The number of nitrogens with one attached hydrogen (secondary N) is 1. The molecule has 0 aliphatic heterocycles. The average molecular weight is 274 g/mol. The van der Waals surface area contributed by atoms with E-state index >= 15 is 0 Å². The molecule has 0 aliphatic rings. The summed E-state index contributed by atoms with van der Waals surface area (Å²) < 4.78 is 5.00. The topological polar surface area (TPSA) is 73.1 Å². The van der Waals surface area contributed by atoms with Gasteiger partial charge in [-0.05, 0) is 17.7 Å². The van der Waals surface area contributed by atoms with E-state index in [9.17, 15) is 0 Å². The summed E-state index contributed by atoms with van der Waals surface area (Å²) >= 11 is 4.87. The first-order valence-electron chi connectivity index (χ1n) is 5.67. The fraction of sp³-hybridized carbons (Fsp3) is 0.154. The Kier molecular flexibility index (Phi) is 4.25. The van der Waals surface area contributed by atoms with Gasteiger partial charge < -0.3 is 15.8 Å². The quantitative estimate of drug-likeness (QED) is 0.809. The Labute approximate surface area is 116 Å². The molecule has 0 amide bonds. The van der Waals surface area contributed by atoms with Crippen LogP contribution >= 0.6 is 12.2 Å². The number of nitrogens with zero attached hydrogens (tertiary/aromatic N) is 2. The van der Waals surface area contributed by atoms with Gasteiger partial charge in [-0.3, -0.25) is 0 Å². The highest BCUT2D eigenvalue weighted by Gasteiger charge is 1.99. The Morgan fingerprint density at radius 2 is 2.11 bits per heavy atom. The molecule has 19 heavy (non-hydrogen) atoms. The van der Waals surface area contributed by atoms with Crippen LogP contribution in [0.2, 0.25) is 0 Å². The second kappa shape index (κ2) is 6.10. The van der Waals surface area contributed by atoms with E-state index in [1.165, 1.54) is 0 Å². The summed E-state index contributed by atoms with van der Waals surface area (Å²) in [7, 11) is 1.59. The van der Waals surface area contributed by atoms with Crippen molar-refractivity contribution in [3.05, 3.63) is 47.8 Å². The molecule has 6 heteroatoms. The number of rotatable bonds is 5. The second-order valence-electron chi connectivity index (χ2n) is 3.86. The molecule has 2 aromatic rings. The lowest BCUT2D eigenvalue weighted by Gasteiger charge is -2.06. The zero-order chi connectivity index (χ0) is 13.7. The van der Waals surface area contributed by atoms with Crippen LogP contribution in [0.25, 0.3) is 0 Å². The molecule has 2 rings (SSSR count). The normalized spacial score (nSPS) is 9.95. The minimum absolute atomic E-state index is 0.346. The van der Waals surface area contributed by atoms with Crippen molar-refractivity contribution in [3.63, 3.8) is 0 Å². The van der Waals surface area contributed by atoms with Gasteiger partial charge >= 0.3 is 0 Å². The molecule has 0 saturated carbocycles.